The lowest BCUT2D eigenvalue weighted by atomic mass is 9.98. The van der Waals surface area contributed by atoms with Gasteiger partial charge >= 0.3 is 5.97 Å². The molecule has 0 saturated heterocycles. The molecule has 0 spiro atoms. The summed E-state index contributed by atoms with van der Waals surface area (Å²) < 4.78 is 5.02. The van der Waals surface area contributed by atoms with Gasteiger partial charge in [-0.3, -0.25) is 14.8 Å². The van der Waals surface area contributed by atoms with E-state index in [-0.39, 0.29) is 5.91 Å². The van der Waals surface area contributed by atoms with Crippen LogP contribution in [0.4, 0.5) is 5.69 Å². The van der Waals surface area contributed by atoms with Gasteiger partial charge in [0, 0.05) is 27.0 Å². The van der Waals surface area contributed by atoms with Crippen molar-refractivity contribution in [1.82, 2.24) is 10.2 Å². The highest BCUT2D eigenvalue weighted by Crippen LogP contribution is 2.44. The summed E-state index contributed by atoms with van der Waals surface area (Å²) in [6.45, 7) is 3.91. The van der Waals surface area contributed by atoms with E-state index >= 15 is 0 Å². The van der Waals surface area contributed by atoms with Crippen molar-refractivity contribution in [3.8, 4) is 0 Å². The minimum atomic E-state index is -0.463. The molecule has 4 rings (SSSR count). The highest BCUT2D eigenvalue weighted by Gasteiger charge is 2.43. The zero-order valence-electron chi connectivity index (χ0n) is 15.7. The number of aryl methyl sites for hydroxylation is 1. The summed E-state index contributed by atoms with van der Waals surface area (Å²) in [7, 11) is 0. The van der Waals surface area contributed by atoms with Crippen molar-refractivity contribution in [2.75, 3.05) is 11.5 Å². The molecule has 0 bridgehead atoms. The Bertz CT molecular complexity index is 1110. The Morgan fingerprint density at radius 3 is 2.59 bits per heavy atom. The first-order valence-corrected chi connectivity index (χ1v) is 9.78. The molecule has 6 nitrogen and oxygen atoms in total. The molecule has 1 aromatic heterocycles. The molecule has 8 heteroatoms. The standard InChI is InChI=1S/C21H17Cl2N3O3/c1-3-29-21(28)12-4-7-14(8-5-12)26-19(15-9-6-13(22)10-16(15)23)17-11(2)24-25-18(17)20(26)27/h4-10,19H,3H2,1-2H3,(H,24,25)/t19-/m0/s1. The molecule has 3 aromatic rings. The third-order valence-electron chi connectivity index (χ3n) is 4.86. The molecule has 0 saturated carbocycles. The van der Waals surface area contributed by atoms with Gasteiger partial charge in [-0.15, -0.1) is 0 Å². The van der Waals surface area contributed by atoms with Gasteiger partial charge in [-0.1, -0.05) is 29.3 Å². The van der Waals surface area contributed by atoms with Gasteiger partial charge in [-0.2, -0.15) is 5.10 Å². The topological polar surface area (TPSA) is 75.3 Å². The van der Waals surface area contributed by atoms with Crippen LogP contribution >= 0.6 is 23.2 Å². The van der Waals surface area contributed by atoms with Gasteiger partial charge in [0.25, 0.3) is 5.91 Å². The van der Waals surface area contributed by atoms with Crippen molar-refractivity contribution in [2.24, 2.45) is 0 Å². The minimum Gasteiger partial charge on any atom is -0.462 e. The summed E-state index contributed by atoms with van der Waals surface area (Å²) in [6.07, 6.45) is 0. The molecule has 1 amide bonds. The van der Waals surface area contributed by atoms with Gasteiger partial charge in [0.15, 0.2) is 5.69 Å². The number of benzene rings is 2. The molecular formula is C21H17Cl2N3O3. The maximum atomic E-state index is 13.2. The van der Waals surface area contributed by atoms with E-state index in [0.717, 1.165) is 16.8 Å². The number of carbonyl (C=O) groups is 2. The number of esters is 1. The Hall–Kier alpha value is -2.83. The summed E-state index contributed by atoms with van der Waals surface area (Å²) in [4.78, 5) is 26.7. The number of halogens is 2. The third-order valence-corrected chi connectivity index (χ3v) is 5.42. The second-order valence-electron chi connectivity index (χ2n) is 6.62. The molecule has 0 fully saturated rings. The Morgan fingerprint density at radius 2 is 1.93 bits per heavy atom. The number of fused-ring (bicyclic) bond motifs is 1. The summed E-state index contributed by atoms with van der Waals surface area (Å²) >= 11 is 12.5. The zero-order chi connectivity index (χ0) is 20.7. The number of aromatic amines is 1. The molecule has 2 heterocycles. The van der Waals surface area contributed by atoms with Gasteiger partial charge in [0.2, 0.25) is 0 Å². The quantitative estimate of drug-likeness (QED) is 0.595. The first-order chi connectivity index (χ1) is 13.9. The van der Waals surface area contributed by atoms with Crippen molar-refractivity contribution < 1.29 is 14.3 Å². The molecule has 0 aliphatic carbocycles. The average molecular weight is 430 g/mol. The predicted octanol–water partition coefficient (Wildman–Crippen LogP) is 4.95. The monoisotopic (exact) mass is 429 g/mol. The predicted molar refractivity (Wildman–Crippen MR) is 111 cm³/mol. The number of hydrogen-bond acceptors (Lipinski definition) is 4. The summed E-state index contributed by atoms with van der Waals surface area (Å²) in [5.41, 5.74) is 3.69. The molecule has 2 aromatic carbocycles. The average Bonchev–Trinajstić information content (AvgIpc) is 3.21. The normalized spacial score (nSPS) is 15.5. The van der Waals surface area contributed by atoms with E-state index in [0.29, 0.717) is 33.6 Å². The molecule has 29 heavy (non-hydrogen) atoms. The second-order valence-corrected chi connectivity index (χ2v) is 7.47. The third kappa shape index (κ3) is 3.28. The molecule has 0 radical (unpaired) electrons. The number of anilines is 1. The van der Waals surface area contributed by atoms with Crippen LogP contribution in [0.2, 0.25) is 10.0 Å². The molecule has 0 unspecified atom stereocenters. The van der Waals surface area contributed by atoms with E-state index in [2.05, 4.69) is 10.2 Å². The summed E-state index contributed by atoms with van der Waals surface area (Å²) in [5, 5.41) is 8.04. The highest BCUT2D eigenvalue weighted by atomic mass is 35.5. The lowest BCUT2D eigenvalue weighted by molar-refractivity contribution is 0.0526. The van der Waals surface area contributed by atoms with Crippen molar-refractivity contribution >= 4 is 40.8 Å². The smallest absolute Gasteiger partial charge is 0.338 e. The van der Waals surface area contributed by atoms with Crippen LogP contribution in [0.5, 0.6) is 0 Å². The van der Waals surface area contributed by atoms with Crippen LogP contribution in [0.1, 0.15) is 50.6 Å². The number of nitrogens with one attached hydrogen (secondary N) is 1. The lowest BCUT2D eigenvalue weighted by Gasteiger charge is -2.27. The van der Waals surface area contributed by atoms with Gasteiger partial charge in [-0.25, -0.2) is 4.79 Å². The molecule has 1 aliphatic rings. The fraction of sp³-hybridized carbons (Fsp3) is 0.190. The molecule has 1 aliphatic heterocycles. The van der Waals surface area contributed by atoms with E-state index < -0.39 is 12.0 Å². The van der Waals surface area contributed by atoms with Crippen LogP contribution < -0.4 is 4.90 Å². The Balaban J connectivity index is 1.81. The van der Waals surface area contributed by atoms with Gasteiger partial charge in [0.05, 0.1) is 18.2 Å². The summed E-state index contributed by atoms with van der Waals surface area (Å²) in [6, 6.07) is 11.4. The number of amides is 1. The molecule has 1 atom stereocenters. The molecular weight excluding hydrogens is 413 g/mol. The van der Waals surface area contributed by atoms with E-state index in [9.17, 15) is 9.59 Å². The van der Waals surface area contributed by atoms with Gasteiger partial charge < -0.3 is 4.74 Å². The zero-order valence-corrected chi connectivity index (χ0v) is 17.2. The molecule has 148 valence electrons. The van der Waals surface area contributed by atoms with Crippen molar-refractivity contribution in [3.63, 3.8) is 0 Å². The first-order valence-electron chi connectivity index (χ1n) is 9.03. The van der Waals surface area contributed by atoms with Crippen molar-refractivity contribution in [3.05, 3.63) is 80.6 Å². The van der Waals surface area contributed by atoms with E-state index in [1.807, 2.05) is 13.0 Å². The van der Waals surface area contributed by atoms with Crippen molar-refractivity contribution in [1.29, 1.82) is 0 Å². The van der Waals surface area contributed by atoms with Crippen LogP contribution in [0.15, 0.2) is 42.5 Å². The Labute approximate surface area is 177 Å². The van der Waals surface area contributed by atoms with E-state index in [4.69, 9.17) is 27.9 Å². The van der Waals surface area contributed by atoms with Crippen molar-refractivity contribution in [2.45, 2.75) is 19.9 Å². The van der Waals surface area contributed by atoms with E-state index in [1.165, 1.54) is 0 Å². The van der Waals surface area contributed by atoms with Crippen LogP contribution in [-0.4, -0.2) is 28.7 Å². The number of ether oxygens (including phenoxy) is 1. The van der Waals surface area contributed by atoms with Gasteiger partial charge in [-0.05, 0) is 55.8 Å². The second kappa shape index (κ2) is 7.54. The number of carbonyl (C=O) groups excluding carboxylic acids is 2. The fourth-order valence-electron chi connectivity index (χ4n) is 3.55. The number of rotatable bonds is 4. The first kappa shape index (κ1) is 19.5. The summed E-state index contributed by atoms with van der Waals surface area (Å²) in [5.74, 6) is -0.655. The minimum absolute atomic E-state index is 0.246. The maximum Gasteiger partial charge on any atom is 0.338 e. The SMILES string of the molecule is CCOC(=O)c1ccc(N2C(=O)c3n[nH]c(C)c3[C@@H]2c2ccc(Cl)cc2Cl)cc1. The maximum absolute atomic E-state index is 13.2. The Morgan fingerprint density at radius 1 is 1.21 bits per heavy atom. The number of aromatic nitrogens is 2. The molecule has 1 N–H and O–H groups in total. The van der Waals surface area contributed by atoms with Crippen LogP contribution in [-0.2, 0) is 4.74 Å². The lowest BCUT2D eigenvalue weighted by Crippen LogP contribution is -2.29. The van der Waals surface area contributed by atoms with E-state index in [1.54, 1.807) is 48.2 Å². The fourth-order valence-corrected chi connectivity index (χ4v) is 4.06. The van der Waals surface area contributed by atoms with Crippen LogP contribution in [0.25, 0.3) is 0 Å². The Kier molecular flexibility index (Phi) is 5.06. The largest absolute Gasteiger partial charge is 0.462 e. The highest BCUT2D eigenvalue weighted by molar-refractivity contribution is 6.35. The van der Waals surface area contributed by atoms with Crippen LogP contribution in [0, 0.1) is 6.92 Å². The number of H-pyrrole nitrogens is 1. The number of hydrogen-bond donors (Lipinski definition) is 1. The van der Waals surface area contributed by atoms with Crippen LogP contribution in [0.3, 0.4) is 0 Å². The number of nitrogens with zero attached hydrogens (tertiary/aromatic N) is 2. The van der Waals surface area contributed by atoms with Gasteiger partial charge in [0.1, 0.15) is 0 Å².